The van der Waals surface area contributed by atoms with E-state index in [1.165, 1.54) is 0 Å². The van der Waals surface area contributed by atoms with Gasteiger partial charge in [-0.15, -0.1) is 0 Å². The van der Waals surface area contributed by atoms with Crippen LogP contribution in [0.2, 0.25) is 0 Å². The highest BCUT2D eigenvalue weighted by Gasteiger charge is 2.19. The number of rotatable bonds is 5. The molecule has 0 atom stereocenters. The van der Waals surface area contributed by atoms with Crippen LogP contribution in [0.4, 0.5) is 0 Å². The number of para-hydroxylation sites is 4. The quantitative estimate of drug-likeness (QED) is 0.176. The zero-order valence-electron chi connectivity index (χ0n) is 30.4. The maximum absolute atomic E-state index is 6.60. The molecule has 0 unspecified atom stereocenters. The fraction of sp³-hybridized carbons (Fsp3) is 0. The predicted molar refractivity (Wildman–Crippen MR) is 231 cm³/mol. The molecule has 5 heteroatoms. The van der Waals surface area contributed by atoms with Gasteiger partial charge in [-0.3, -0.25) is 0 Å². The molecule has 12 aromatic rings. The van der Waals surface area contributed by atoms with Crippen LogP contribution in [0.1, 0.15) is 0 Å². The molecule has 0 amide bonds. The lowest BCUT2D eigenvalue weighted by Gasteiger charge is -2.14. The average molecular weight is 731 g/mol. The highest BCUT2D eigenvalue weighted by atomic mass is 16.3. The topological polar surface area (TPSA) is 65.2 Å². The summed E-state index contributed by atoms with van der Waals surface area (Å²) in [5, 5.41) is 6.42. The van der Waals surface area contributed by atoms with Crippen molar-refractivity contribution in [2.45, 2.75) is 0 Å². The molecule has 5 nitrogen and oxygen atoms in total. The van der Waals surface area contributed by atoms with Crippen molar-refractivity contribution < 1.29 is 13.3 Å². The molecule has 12 rings (SSSR count). The first kappa shape index (κ1) is 31.6. The highest BCUT2D eigenvalue weighted by molar-refractivity contribution is 6.13. The van der Waals surface area contributed by atoms with E-state index in [1.807, 2.05) is 72.8 Å². The predicted octanol–water partition coefficient (Wildman–Crippen LogP) is 14.5. The Hall–Kier alpha value is -7.76. The molecule has 0 radical (unpaired) electrons. The van der Waals surface area contributed by atoms with E-state index in [0.717, 1.165) is 116 Å². The number of fused-ring (bicyclic) bond motifs is 9. The van der Waals surface area contributed by atoms with Crippen molar-refractivity contribution in [1.29, 1.82) is 0 Å². The van der Waals surface area contributed by atoms with Crippen LogP contribution < -0.4 is 0 Å². The van der Waals surface area contributed by atoms with E-state index in [2.05, 4.69) is 109 Å². The SMILES string of the molecule is c1ccc(-c2nc(-c3cc(-c4ccc5oc6ccccc6c5c4)cc(-c4cccc5c4oc4ccccc45)c3)cc(-c3cccc4oc5ccccc5c34)n2)cc1. The van der Waals surface area contributed by atoms with Gasteiger partial charge in [0.25, 0.3) is 0 Å². The minimum Gasteiger partial charge on any atom is -0.456 e. The molecular weight excluding hydrogens is 701 g/mol. The zero-order chi connectivity index (χ0) is 37.5. The Morgan fingerprint density at radius 1 is 0.298 bits per heavy atom. The van der Waals surface area contributed by atoms with Crippen LogP contribution in [-0.4, -0.2) is 9.97 Å². The number of nitrogens with zero attached hydrogens (tertiary/aromatic N) is 2. The molecule has 4 aromatic heterocycles. The summed E-state index contributed by atoms with van der Waals surface area (Å²) in [5.41, 5.74) is 13.8. The van der Waals surface area contributed by atoms with Gasteiger partial charge in [0.15, 0.2) is 5.82 Å². The molecule has 0 saturated carbocycles. The third-order valence-electron chi connectivity index (χ3n) is 11.1. The molecule has 0 spiro atoms. The maximum atomic E-state index is 6.60. The van der Waals surface area contributed by atoms with Crippen LogP contribution in [0.5, 0.6) is 0 Å². The Kier molecular flexibility index (Phi) is 6.86. The van der Waals surface area contributed by atoms with Crippen LogP contribution in [0.3, 0.4) is 0 Å². The summed E-state index contributed by atoms with van der Waals surface area (Å²) in [4.78, 5) is 10.5. The molecule has 0 aliphatic heterocycles. The van der Waals surface area contributed by atoms with Crippen molar-refractivity contribution in [3.8, 4) is 56.2 Å². The zero-order valence-corrected chi connectivity index (χ0v) is 30.4. The van der Waals surface area contributed by atoms with Crippen molar-refractivity contribution in [2.24, 2.45) is 0 Å². The van der Waals surface area contributed by atoms with Crippen molar-refractivity contribution in [3.05, 3.63) is 182 Å². The lowest BCUT2D eigenvalue weighted by Crippen LogP contribution is -1.97. The highest BCUT2D eigenvalue weighted by Crippen LogP contribution is 2.42. The van der Waals surface area contributed by atoms with E-state index in [4.69, 9.17) is 23.2 Å². The Morgan fingerprint density at radius 2 is 0.877 bits per heavy atom. The number of benzene rings is 8. The molecular formula is C52H30N2O3. The van der Waals surface area contributed by atoms with E-state index in [9.17, 15) is 0 Å². The van der Waals surface area contributed by atoms with Crippen molar-refractivity contribution >= 4 is 65.8 Å². The molecule has 4 heterocycles. The van der Waals surface area contributed by atoms with E-state index in [-0.39, 0.29) is 0 Å². The fourth-order valence-corrected chi connectivity index (χ4v) is 8.42. The molecule has 8 aromatic carbocycles. The van der Waals surface area contributed by atoms with Gasteiger partial charge in [0.2, 0.25) is 0 Å². The molecule has 0 aliphatic rings. The van der Waals surface area contributed by atoms with Crippen LogP contribution in [0, 0.1) is 0 Å². The van der Waals surface area contributed by atoms with Gasteiger partial charge < -0.3 is 13.3 Å². The normalized spacial score (nSPS) is 11.9. The van der Waals surface area contributed by atoms with E-state index >= 15 is 0 Å². The lowest BCUT2D eigenvalue weighted by molar-refractivity contribution is 0.668. The maximum Gasteiger partial charge on any atom is 0.160 e. The fourth-order valence-electron chi connectivity index (χ4n) is 8.42. The standard InChI is InChI=1S/C52H30N2O3/c1-2-12-31(13-3-1)52-53-43(30-44(54-52)40-19-11-23-49-50(40)41-16-6-9-22-47(41)56-49)35-27-33(32-24-25-48-42(29-32)38-15-5-7-20-45(38)55-48)26-34(28-35)36-17-10-18-39-37-14-4-8-21-46(37)57-51(36)39/h1-30H. The van der Waals surface area contributed by atoms with Gasteiger partial charge in [-0.2, -0.15) is 0 Å². The molecule has 0 saturated heterocycles. The van der Waals surface area contributed by atoms with Gasteiger partial charge in [-0.1, -0.05) is 121 Å². The van der Waals surface area contributed by atoms with Crippen molar-refractivity contribution in [1.82, 2.24) is 9.97 Å². The van der Waals surface area contributed by atoms with E-state index in [1.54, 1.807) is 0 Å². The summed E-state index contributed by atoms with van der Waals surface area (Å²) >= 11 is 0. The van der Waals surface area contributed by atoms with Gasteiger partial charge in [0.1, 0.15) is 33.5 Å². The van der Waals surface area contributed by atoms with Crippen molar-refractivity contribution in [2.75, 3.05) is 0 Å². The largest absolute Gasteiger partial charge is 0.456 e. The summed E-state index contributed by atoms with van der Waals surface area (Å²) in [5.74, 6) is 0.644. The van der Waals surface area contributed by atoms with Crippen LogP contribution >= 0.6 is 0 Å². The number of hydrogen-bond donors (Lipinski definition) is 0. The van der Waals surface area contributed by atoms with E-state index < -0.39 is 0 Å². The third-order valence-corrected chi connectivity index (χ3v) is 11.1. The Balaban J connectivity index is 1.13. The van der Waals surface area contributed by atoms with Gasteiger partial charge in [-0.25, -0.2) is 9.97 Å². The second kappa shape index (κ2) is 12.4. The van der Waals surface area contributed by atoms with Crippen LogP contribution in [-0.2, 0) is 0 Å². The van der Waals surface area contributed by atoms with Gasteiger partial charge in [-0.05, 0) is 77.4 Å². The van der Waals surface area contributed by atoms with Crippen molar-refractivity contribution in [3.63, 3.8) is 0 Å². The summed E-state index contributed by atoms with van der Waals surface area (Å²) in [7, 11) is 0. The third kappa shape index (κ3) is 5.10. The molecule has 0 N–H and O–H groups in total. The van der Waals surface area contributed by atoms with Gasteiger partial charge >= 0.3 is 0 Å². The lowest BCUT2D eigenvalue weighted by atomic mass is 9.93. The Labute approximate surface area is 326 Å². The van der Waals surface area contributed by atoms with Crippen LogP contribution in [0.15, 0.2) is 195 Å². The molecule has 0 aliphatic carbocycles. The molecule has 266 valence electrons. The van der Waals surface area contributed by atoms with Gasteiger partial charge in [0.05, 0.1) is 11.4 Å². The van der Waals surface area contributed by atoms with Gasteiger partial charge in [0, 0.05) is 54.6 Å². The smallest absolute Gasteiger partial charge is 0.160 e. The Morgan fingerprint density at radius 3 is 1.72 bits per heavy atom. The summed E-state index contributed by atoms with van der Waals surface area (Å²) < 4.78 is 19.2. The average Bonchev–Trinajstić information content (AvgIpc) is 3.97. The minimum absolute atomic E-state index is 0.644. The summed E-state index contributed by atoms with van der Waals surface area (Å²) in [6.45, 7) is 0. The first-order valence-corrected chi connectivity index (χ1v) is 19.0. The number of furan rings is 3. The second-order valence-corrected chi connectivity index (χ2v) is 14.5. The minimum atomic E-state index is 0.644. The first-order chi connectivity index (χ1) is 28.2. The number of aromatic nitrogens is 2. The number of hydrogen-bond acceptors (Lipinski definition) is 5. The summed E-state index contributed by atoms with van der Waals surface area (Å²) in [6.07, 6.45) is 0. The first-order valence-electron chi connectivity index (χ1n) is 19.0. The van der Waals surface area contributed by atoms with E-state index in [0.29, 0.717) is 5.82 Å². The van der Waals surface area contributed by atoms with Crippen LogP contribution in [0.25, 0.3) is 122 Å². The second-order valence-electron chi connectivity index (χ2n) is 14.5. The Bertz CT molecular complexity index is 3540. The molecule has 0 fully saturated rings. The monoisotopic (exact) mass is 730 g/mol. The molecule has 0 bridgehead atoms. The summed E-state index contributed by atoms with van der Waals surface area (Å²) in [6, 6.07) is 62.6. The molecule has 57 heavy (non-hydrogen) atoms.